The lowest BCUT2D eigenvalue weighted by Gasteiger charge is -2.39. The van der Waals surface area contributed by atoms with Crippen LogP contribution in [0.3, 0.4) is 0 Å². The zero-order valence-corrected chi connectivity index (χ0v) is 18.3. The highest BCUT2D eigenvalue weighted by Gasteiger charge is 2.35. The van der Waals surface area contributed by atoms with E-state index in [-0.39, 0.29) is 11.0 Å². The van der Waals surface area contributed by atoms with Gasteiger partial charge in [0.2, 0.25) is 0 Å². The highest BCUT2D eigenvalue weighted by atomic mass is 35.5. The van der Waals surface area contributed by atoms with Gasteiger partial charge in [0.15, 0.2) is 0 Å². The number of aromatic nitrogens is 1. The molecule has 0 aliphatic heterocycles. The monoisotopic (exact) mass is 418 g/mol. The van der Waals surface area contributed by atoms with Gasteiger partial charge >= 0.3 is 0 Å². The smallest absolute Gasteiger partial charge is 0.0725 e. The van der Waals surface area contributed by atoms with Gasteiger partial charge in [0.25, 0.3) is 0 Å². The van der Waals surface area contributed by atoms with Crippen LogP contribution in [-0.2, 0) is 6.42 Å². The quantitative estimate of drug-likeness (QED) is 0.538. The first-order valence-electron chi connectivity index (χ1n) is 10.4. The molecule has 0 fully saturated rings. The van der Waals surface area contributed by atoms with Crippen LogP contribution in [-0.4, -0.2) is 11.0 Å². The molecule has 0 radical (unpaired) electrons. The fourth-order valence-electron chi connectivity index (χ4n) is 4.38. The largest absolute Gasteiger partial charge is 0.545 e. The van der Waals surface area contributed by atoms with Crippen LogP contribution in [0.2, 0.25) is 5.02 Å². The fraction of sp³-hybridized carbons (Fsp3) is 0.308. The van der Waals surface area contributed by atoms with E-state index in [1.54, 1.807) is 0 Å². The van der Waals surface area contributed by atoms with E-state index in [2.05, 4.69) is 26.8 Å². The van der Waals surface area contributed by atoms with E-state index in [4.69, 9.17) is 16.6 Å². The molecule has 0 bridgehead atoms. The summed E-state index contributed by atoms with van der Waals surface area (Å²) in [7, 11) is 0. The maximum absolute atomic E-state index is 12.3. The number of hydrogen-bond donors (Lipinski definition) is 0. The van der Waals surface area contributed by atoms with Crippen LogP contribution < -0.4 is 5.11 Å². The second-order valence-corrected chi connectivity index (χ2v) is 9.16. The number of carboxylic acid groups (broad SMARTS) is 1. The minimum absolute atomic E-state index is 0.0616. The van der Waals surface area contributed by atoms with Crippen LogP contribution in [0.5, 0.6) is 0 Å². The summed E-state index contributed by atoms with van der Waals surface area (Å²) in [5.74, 6) is -0.846. The van der Waals surface area contributed by atoms with Crippen molar-refractivity contribution in [2.45, 2.75) is 40.0 Å². The van der Waals surface area contributed by atoms with Gasteiger partial charge in [0, 0.05) is 16.0 Å². The van der Waals surface area contributed by atoms with E-state index >= 15 is 0 Å². The summed E-state index contributed by atoms with van der Waals surface area (Å²) in [5.41, 5.74) is 4.50. The zero-order chi connectivity index (χ0) is 21.5. The van der Waals surface area contributed by atoms with Crippen molar-refractivity contribution in [3.8, 4) is 0 Å². The van der Waals surface area contributed by atoms with Crippen molar-refractivity contribution in [3.63, 3.8) is 0 Å². The van der Waals surface area contributed by atoms with Crippen LogP contribution in [0, 0.1) is 11.3 Å². The maximum Gasteiger partial charge on any atom is 0.0725 e. The number of pyridine rings is 1. The SMILES string of the molecule is CCC(C)(C)[C@H]1C/C(=C\c2ccccc2Cl)c2nc3ccccc3c(C(=O)[O-])c2C1. The Hall–Kier alpha value is -2.65. The summed E-state index contributed by atoms with van der Waals surface area (Å²) >= 11 is 6.43. The molecule has 1 aromatic heterocycles. The third kappa shape index (κ3) is 3.63. The molecule has 154 valence electrons. The van der Waals surface area contributed by atoms with Gasteiger partial charge in [-0.15, -0.1) is 0 Å². The molecule has 0 unspecified atom stereocenters. The number of carboxylic acids is 1. The zero-order valence-electron chi connectivity index (χ0n) is 17.5. The van der Waals surface area contributed by atoms with Crippen molar-refractivity contribution in [1.82, 2.24) is 4.98 Å². The molecule has 1 atom stereocenters. The van der Waals surface area contributed by atoms with Gasteiger partial charge in [0.05, 0.1) is 17.2 Å². The molecular formula is C26H25ClNO2-. The number of allylic oxidation sites excluding steroid dienone is 1. The topological polar surface area (TPSA) is 53.0 Å². The molecule has 30 heavy (non-hydrogen) atoms. The second-order valence-electron chi connectivity index (χ2n) is 8.76. The van der Waals surface area contributed by atoms with Crippen molar-refractivity contribution in [3.05, 3.63) is 75.9 Å². The molecule has 3 nitrogen and oxygen atoms in total. The van der Waals surface area contributed by atoms with Gasteiger partial charge in [-0.1, -0.05) is 75.2 Å². The molecule has 3 aromatic rings. The van der Waals surface area contributed by atoms with Crippen molar-refractivity contribution < 1.29 is 9.90 Å². The molecule has 0 saturated heterocycles. The second kappa shape index (κ2) is 7.88. The molecule has 2 aromatic carbocycles. The Kier molecular flexibility index (Phi) is 5.42. The summed E-state index contributed by atoms with van der Waals surface area (Å²) in [4.78, 5) is 17.2. The number of benzene rings is 2. The number of hydrogen-bond acceptors (Lipinski definition) is 3. The number of halogens is 1. The molecule has 0 N–H and O–H groups in total. The number of carbonyl (C=O) groups is 1. The summed E-state index contributed by atoms with van der Waals surface area (Å²) in [6.45, 7) is 6.69. The van der Waals surface area contributed by atoms with Crippen molar-refractivity contribution in [2.24, 2.45) is 11.3 Å². The van der Waals surface area contributed by atoms with Crippen molar-refractivity contribution in [1.29, 1.82) is 0 Å². The number of carbonyl (C=O) groups excluding carboxylic acids is 1. The van der Waals surface area contributed by atoms with Crippen molar-refractivity contribution in [2.75, 3.05) is 0 Å². The maximum atomic E-state index is 12.3. The molecule has 0 saturated carbocycles. The first-order chi connectivity index (χ1) is 14.3. The number of aromatic carboxylic acids is 1. The normalized spacial score (nSPS) is 17.9. The molecule has 1 heterocycles. The fourth-order valence-corrected chi connectivity index (χ4v) is 4.57. The Bertz CT molecular complexity index is 1160. The molecule has 4 heteroatoms. The minimum atomic E-state index is -1.14. The molecule has 1 aliphatic carbocycles. The van der Waals surface area contributed by atoms with E-state index in [0.29, 0.717) is 28.3 Å². The number of rotatable bonds is 4. The Morgan fingerprint density at radius 3 is 2.57 bits per heavy atom. The molecule has 1 aliphatic rings. The van der Waals surface area contributed by atoms with Crippen LogP contribution in [0.1, 0.15) is 60.8 Å². The lowest BCUT2D eigenvalue weighted by atomic mass is 9.67. The van der Waals surface area contributed by atoms with Crippen molar-refractivity contribution >= 4 is 40.1 Å². The van der Waals surface area contributed by atoms with Gasteiger partial charge in [-0.05, 0) is 59.1 Å². The summed E-state index contributed by atoms with van der Waals surface area (Å²) < 4.78 is 0. The van der Waals surface area contributed by atoms with E-state index in [1.165, 1.54) is 0 Å². The van der Waals surface area contributed by atoms with Gasteiger partial charge in [-0.2, -0.15) is 0 Å². The Balaban J connectivity index is 2.01. The third-order valence-corrected chi connectivity index (χ3v) is 7.01. The number of fused-ring (bicyclic) bond motifs is 2. The predicted octanol–water partition coefficient (Wildman–Crippen LogP) is 5.79. The predicted molar refractivity (Wildman–Crippen MR) is 121 cm³/mol. The van der Waals surface area contributed by atoms with Crippen LogP contribution in [0.4, 0.5) is 0 Å². The van der Waals surface area contributed by atoms with Gasteiger partial charge < -0.3 is 9.90 Å². The highest BCUT2D eigenvalue weighted by molar-refractivity contribution is 6.32. The van der Waals surface area contributed by atoms with Gasteiger partial charge in [-0.3, -0.25) is 0 Å². The first kappa shape index (κ1) is 20.6. The third-order valence-electron chi connectivity index (χ3n) is 6.67. The lowest BCUT2D eigenvalue weighted by molar-refractivity contribution is -0.254. The highest BCUT2D eigenvalue weighted by Crippen LogP contribution is 2.46. The standard InChI is InChI=1S/C26H26ClNO2/c1-4-26(2,3)18-14-17(13-16-9-5-7-11-21(16)27)24-20(15-18)23(25(29)30)19-10-6-8-12-22(19)28-24/h5-13,18H,4,14-15H2,1-3H3,(H,29,30)/p-1/b17-13+/t18-/m0/s1. The lowest BCUT2D eigenvalue weighted by Crippen LogP contribution is -2.32. The van der Waals surface area contributed by atoms with Gasteiger partial charge in [0.1, 0.15) is 0 Å². The van der Waals surface area contributed by atoms with Crippen LogP contribution in [0.15, 0.2) is 48.5 Å². The van der Waals surface area contributed by atoms with E-state index < -0.39 is 5.97 Å². The number of para-hydroxylation sites is 1. The molecular weight excluding hydrogens is 394 g/mol. The van der Waals surface area contributed by atoms with Crippen LogP contribution >= 0.6 is 11.6 Å². The summed E-state index contributed by atoms with van der Waals surface area (Å²) in [5, 5.41) is 13.6. The Labute approximate surface area is 182 Å². The Morgan fingerprint density at radius 2 is 1.87 bits per heavy atom. The summed E-state index contributed by atoms with van der Waals surface area (Å²) in [6, 6.07) is 15.1. The molecule has 0 amide bonds. The van der Waals surface area contributed by atoms with E-state index in [1.807, 2.05) is 48.5 Å². The van der Waals surface area contributed by atoms with E-state index in [0.717, 1.165) is 35.2 Å². The van der Waals surface area contributed by atoms with Gasteiger partial charge in [-0.25, -0.2) is 4.98 Å². The average molecular weight is 419 g/mol. The average Bonchev–Trinajstić information content (AvgIpc) is 2.73. The van der Waals surface area contributed by atoms with E-state index in [9.17, 15) is 9.90 Å². The Morgan fingerprint density at radius 1 is 1.17 bits per heavy atom. The first-order valence-corrected chi connectivity index (χ1v) is 10.8. The van der Waals surface area contributed by atoms with Crippen LogP contribution in [0.25, 0.3) is 22.6 Å². The number of nitrogens with zero attached hydrogens (tertiary/aromatic N) is 1. The minimum Gasteiger partial charge on any atom is -0.545 e. The summed E-state index contributed by atoms with van der Waals surface area (Å²) in [6.07, 6.45) is 4.59. The molecule has 4 rings (SSSR count). The molecule has 0 spiro atoms.